The van der Waals surface area contributed by atoms with Gasteiger partial charge in [0.1, 0.15) is 5.75 Å². The van der Waals surface area contributed by atoms with E-state index in [1.807, 2.05) is 13.0 Å². The van der Waals surface area contributed by atoms with Gasteiger partial charge in [-0.25, -0.2) is 0 Å². The molecular formula is C12H14F3NO. The van der Waals surface area contributed by atoms with Crippen molar-refractivity contribution in [1.29, 1.82) is 0 Å². The first-order valence-electron chi connectivity index (χ1n) is 5.13. The van der Waals surface area contributed by atoms with E-state index in [2.05, 4.69) is 4.74 Å². The average molecular weight is 245 g/mol. The third-order valence-electron chi connectivity index (χ3n) is 2.23. The van der Waals surface area contributed by atoms with E-state index in [1.165, 1.54) is 18.2 Å². The Morgan fingerprint density at radius 1 is 1.41 bits per heavy atom. The molecule has 94 valence electrons. The fraction of sp³-hybridized carbons (Fsp3) is 0.333. The Kier molecular flexibility index (Phi) is 4.57. The van der Waals surface area contributed by atoms with Crippen LogP contribution < -0.4 is 10.5 Å². The van der Waals surface area contributed by atoms with Crippen LogP contribution in [0.4, 0.5) is 13.2 Å². The van der Waals surface area contributed by atoms with Crippen molar-refractivity contribution in [2.24, 2.45) is 5.73 Å². The smallest absolute Gasteiger partial charge is 0.406 e. The molecule has 2 nitrogen and oxygen atoms in total. The summed E-state index contributed by atoms with van der Waals surface area (Å²) in [4.78, 5) is 0. The van der Waals surface area contributed by atoms with Crippen LogP contribution >= 0.6 is 0 Å². The van der Waals surface area contributed by atoms with Crippen molar-refractivity contribution in [2.75, 3.05) is 6.54 Å². The van der Waals surface area contributed by atoms with Crippen LogP contribution in [0, 0.1) is 0 Å². The summed E-state index contributed by atoms with van der Waals surface area (Å²) in [6.07, 6.45) is -2.27. The number of hydrogen-bond donors (Lipinski definition) is 1. The van der Waals surface area contributed by atoms with Gasteiger partial charge in [0.05, 0.1) is 0 Å². The van der Waals surface area contributed by atoms with Gasteiger partial charge in [-0.2, -0.15) is 0 Å². The number of hydrogen-bond acceptors (Lipinski definition) is 2. The molecule has 0 spiro atoms. The van der Waals surface area contributed by atoms with Gasteiger partial charge in [-0.3, -0.25) is 0 Å². The zero-order valence-corrected chi connectivity index (χ0v) is 9.42. The Labute approximate surface area is 97.9 Å². The number of ether oxygens (including phenoxy) is 1. The van der Waals surface area contributed by atoms with Crippen molar-refractivity contribution in [3.05, 3.63) is 41.5 Å². The molecule has 0 aliphatic heterocycles. The van der Waals surface area contributed by atoms with Crippen LogP contribution in [0.15, 0.2) is 35.9 Å². The molecule has 0 saturated heterocycles. The SMILES string of the molecule is C/C=C(\CN)Cc1cccc(OC(F)(F)F)c1. The van der Waals surface area contributed by atoms with Crippen LogP contribution in [0.25, 0.3) is 0 Å². The van der Waals surface area contributed by atoms with Crippen molar-refractivity contribution in [3.8, 4) is 5.75 Å². The third-order valence-corrected chi connectivity index (χ3v) is 2.23. The summed E-state index contributed by atoms with van der Waals surface area (Å²) in [5.41, 5.74) is 7.20. The molecule has 1 rings (SSSR count). The molecule has 0 fully saturated rings. The Balaban J connectivity index is 2.79. The van der Waals surface area contributed by atoms with E-state index in [0.717, 1.165) is 11.1 Å². The lowest BCUT2D eigenvalue weighted by atomic mass is 10.1. The lowest BCUT2D eigenvalue weighted by Crippen LogP contribution is -2.17. The maximum Gasteiger partial charge on any atom is 0.573 e. The highest BCUT2D eigenvalue weighted by atomic mass is 19.4. The first-order chi connectivity index (χ1) is 7.94. The van der Waals surface area contributed by atoms with Gasteiger partial charge in [0, 0.05) is 6.54 Å². The molecule has 17 heavy (non-hydrogen) atoms. The highest BCUT2D eigenvalue weighted by molar-refractivity contribution is 5.31. The minimum absolute atomic E-state index is 0.206. The molecule has 0 saturated carbocycles. The summed E-state index contributed by atoms with van der Waals surface area (Å²) < 4.78 is 39.9. The molecular weight excluding hydrogens is 231 g/mol. The van der Waals surface area contributed by atoms with Crippen LogP contribution in [0.3, 0.4) is 0 Å². The standard InChI is InChI=1S/C12H14F3NO/c1-2-9(8-16)6-10-4-3-5-11(7-10)17-12(13,14)15/h2-5,7H,6,8,16H2,1H3/b9-2-. The average Bonchev–Trinajstić information content (AvgIpc) is 2.24. The van der Waals surface area contributed by atoms with Crippen molar-refractivity contribution in [2.45, 2.75) is 19.7 Å². The zero-order chi connectivity index (χ0) is 12.9. The molecule has 0 aliphatic carbocycles. The number of allylic oxidation sites excluding steroid dienone is 1. The number of nitrogens with two attached hydrogens (primary N) is 1. The van der Waals surface area contributed by atoms with Gasteiger partial charge in [0.2, 0.25) is 0 Å². The molecule has 5 heteroatoms. The summed E-state index contributed by atoms with van der Waals surface area (Å²) in [5.74, 6) is -0.206. The molecule has 0 unspecified atom stereocenters. The van der Waals surface area contributed by atoms with Gasteiger partial charge in [-0.15, -0.1) is 13.2 Å². The summed E-state index contributed by atoms with van der Waals surface area (Å²) in [6, 6.07) is 5.91. The van der Waals surface area contributed by atoms with Crippen LogP contribution in [-0.2, 0) is 6.42 Å². The number of benzene rings is 1. The van der Waals surface area contributed by atoms with E-state index in [1.54, 1.807) is 6.07 Å². The van der Waals surface area contributed by atoms with Gasteiger partial charge >= 0.3 is 6.36 Å². The minimum Gasteiger partial charge on any atom is -0.406 e. The predicted octanol–water partition coefficient (Wildman–Crippen LogP) is 3.03. The lowest BCUT2D eigenvalue weighted by Gasteiger charge is -2.10. The fourth-order valence-corrected chi connectivity index (χ4v) is 1.41. The highest BCUT2D eigenvalue weighted by Gasteiger charge is 2.31. The summed E-state index contributed by atoms with van der Waals surface area (Å²) in [5, 5.41) is 0. The molecule has 0 amide bonds. The first-order valence-corrected chi connectivity index (χ1v) is 5.13. The monoisotopic (exact) mass is 245 g/mol. The van der Waals surface area contributed by atoms with E-state index in [0.29, 0.717) is 13.0 Å². The Morgan fingerprint density at radius 3 is 2.65 bits per heavy atom. The fourth-order valence-electron chi connectivity index (χ4n) is 1.41. The van der Waals surface area contributed by atoms with Gasteiger partial charge in [-0.05, 0) is 31.0 Å². The maximum atomic E-state index is 12.0. The normalized spacial score (nSPS) is 12.6. The quantitative estimate of drug-likeness (QED) is 0.827. The van der Waals surface area contributed by atoms with Crippen molar-refractivity contribution < 1.29 is 17.9 Å². The van der Waals surface area contributed by atoms with E-state index < -0.39 is 6.36 Å². The number of halogens is 3. The number of rotatable bonds is 4. The Hall–Kier alpha value is -1.49. The van der Waals surface area contributed by atoms with Gasteiger partial charge in [-0.1, -0.05) is 23.8 Å². The summed E-state index contributed by atoms with van der Waals surface area (Å²) in [6.45, 7) is 2.24. The molecule has 0 atom stereocenters. The molecule has 1 aromatic rings. The van der Waals surface area contributed by atoms with E-state index in [-0.39, 0.29) is 5.75 Å². The Bertz CT molecular complexity index is 399. The maximum absolute atomic E-state index is 12.0. The van der Waals surface area contributed by atoms with Crippen molar-refractivity contribution in [1.82, 2.24) is 0 Å². The zero-order valence-electron chi connectivity index (χ0n) is 9.42. The summed E-state index contributed by atoms with van der Waals surface area (Å²) in [7, 11) is 0. The lowest BCUT2D eigenvalue weighted by molar-refractivity contribution is -0.274. The van der Waals surface area contributed by atoms with Crippen LogP contribution in [0.2, 0.25) is 0 Å². The van der Waals surface area contributed by atoms with Crippen LogP contribution in [0.1, 0.15) is 12.5 Å². The van der Waals surface area contributed by atoms with E-state index in [9.17, 15) is 13.2 Å². The minimum atomic E-state index is -4.66. The Morgan fingerprint density at radius 2 is 2.12 bits per heavy atom. The summed E-state index contributed by atoms with van der Waals surface area (Å²) >= 11 is 0. The molecule has 0 heterocycles. The molecule has 0 aliphatic rings. The van der Waals surface area contributed by atoms with Gasteiger partial charge in [0.15, 0.2) is 0 Å². The second kappa shape index (κ2) is 5.72. The second-order valence-electron chi connectivity index (χ2n) is 3.52. The van der Waals surface area contributed by atoms with Crippen LogP contribution in [0.5, 0.6) is 5.75 Å². The molecule has 0 aromatic heterocycles. The van der Waals surface area contributed by atoms with Crippen molar-refractivity contribution in [3.63, 3.8) is 0 Å². The molecule has 0 bridgehead atoms. The topological polar surface area (TPSA) is 35.2 Å². The van der Waals surface area contributed by atoms with E-state index in [4.69, 9.17) is 5.73 Å². The molecule has 1 aromatic carbocycles. The van der Waals surface area contributed by atoms with E-state index >= 15 is 0 Å². The molecule has 0 radical (unpaired) electrons. The van der Waals surface area contributed by atoms with Crippen LogP contribution in [-0.4, -0.2) is 12.9 Å². The third kappa shape index (κ3) is 4.91. The largest absolute Gasteiger partial charge is 0.573 e. The van der Waals surface area contributed by atoms with Gasteiger partial charge < -0.3 is 10.5 Å². The van der Waals surface area contributed by atoms with Crippen molar-refractivity contribution >= 4 is 0 Å². The number of alkyl halides is 3. The molecule has 2 N–H and O–H groups in total. The second-order valence-corrected chi connectivity index (χ2v) is 3.52. The predicted molar refractivity (Wildman–Crippen MR) is 59.6 cm³/mol. The highest BCUT2D eigenvalue weighted by Crippen LogP contribution is 2.24. The first kappa shape index (κ1) is 13.6. The van der Waals surface area contributed by atoms with Gasteiger partial charge in [0.25, 0.3) is 0 Å².